The van der Waals surface area contributed by atoms with Crippen LogP contribution < -0.4 is 10.1 Å². The number of hydrogen-bond donors (Lipinski definition) is 2. The predicted octanol–water partition coefficient (Wildman–Crippen LogP) is 5.36. The zero-order valence-corrected chi connectivity index (χ0v) is 19.4. The number of anilines is 1. The third kappa shape index (κ3) is 5.95. The number of ether oxygens (including phenoxy) is 1. The molecule has 0 unspecified atom stereocenters. The summed E-state index contributed by atoms with van der Waals surface area (Å²) in [6.45, 7) is 4.59. The van der Waals surface area contributed by atoms with Gasteiger partial charge in [-0.15, -0.1) is 16.4 Å². The lowest BCUT2D eigenvalue weighted by Gasteiger charge is -2.07. The molecule has 0 atom stereocenters. The van der Waals surface area contributed by atoms with Crippen LogP contribution in [0.15, 0.2) is 65.1 Å². The Hall–Kier alpha value is -3.17. The molecule has 0 aliphatic carbocycles. The van der Waals surface area contributed by atoms with E-state index in [2.05, 4.69) is 51.5 Å². The van der Waals surface area contributed by atoms with Crippen molar-refractivity contribution in [3.63, 3.8) is 0 Å². The summed E-state index contributed by atoms with van der Waals surface area (Å²) in [7, 11) is 0. The molecule has 0 aliphatic heterocycles. The number of carbonyl (C=O) groups is 1. The lowest BCUT2D eigenvalue weighted by atomic mass is 10.0. The first-order valence-corrected chi connectivity index (χ1v) is 12.0. The van der Waals surface area contributed by atoms with Gasteiger partial charge in [0.05, 0.1) is 11.4 Å². The van der Waals surface area contributed by atoms with E-state index in [1.807, 2.05) is 47.8 Å². The third-order valence-electron chi connectivity index (χ3n) is 4.59. The molecular weight excluding hydrogens is 442 g/mol. The number of rotatable bonds is 9. The van der Waals surface area contributed by atoms with Gasteiger partial charge in [-0.05, 0) is 23.6 Å². The topological polar surface area (TPSA) is 92.8 Å². The van der Waals surface area contributed by atoms with Gasteiger partial charge in [0.1, 0.15) is 12.4 Å². The molecule has 1 amide bonds. The zero-order chi connectivity index (χ0) is 22.3. The fourth-order valence-electron chi connectivity index (χ4n) is 2.87. The molecule has 0 fully saturated rings. The van der Waals surface area contributed by atoms with Crippen LogP contribution in [0.4, 0.5) is 5.13 Å². The van der Waals surface area contributed by atoms with Crippen molar-refractivity contribution in [3.8, 4) is 17.0 Å². The lowest BCUT2D eigenvalue weighted by Crippen LogP contribution is -2.13. The number of thiazole rings is 1. The van der Waals surface area contributed by atoms with Gasteiger partial charge in [-0.2, -0.15) is 0 Å². The van der Waals surface area contributed by atoms with Crippen LogP contribution in [0.5, 0.6) is 5.75 Å². The molecule has 164 valence electrons. The van der Waals surface area contributed by atoms with E-state index < -0.39 is 0 Å². The van der Waals surface area contributed by atoms with Crippen LogP contribution >= 0.6 is 23.1 Å². The highest BCUT2D eigenvalue weighted by molar-refractivity contribution is 7.99. The Balaban J connectivity index is 1.23. The monoisotopic (exact) mass is 465 g/mol. The van der Waals surface area contributed by atoms with Gasteiger partial charge in [0.25, 0.3) is 0 Å². The zero-order valence-electron chi connectivity index (χ0n) is 17.7. The Labute approximate surface area is 194 Å². The largest absolute Gasteiger partial charge is 0.486 e. The van der Waals surface area contributed by atoms with E-state index in [-0.39, 0.29) is 18.3 Å². The van der Waals surface area contributed by atoms with Crippen LogP contribution in [0.25, 0.3) is 11.3 Å². The molecule has 0 aliphatic rings. The third-order valence-corrected chi connectivity index (χ3v) is 6.19. The summed E-state index contributed by atoms with van der Waals surface area (Å²) in [6.07, 6.45) is 0. The van der Waals surface area contributed by atoms with E-state index >= 15 is 0 Å². The van der Waals surface area contributed by atoms with Gasteiger partial charge < -0.3 is 10.1 Å². The number of aromatic amines is 1. The number of nitrogens with one attached hydrogen (secondary N) is 2. The molecule has 0 radical (unpaired) electrons. The molecule has 32 heavy (non-hydrogen) atoms. The van der Waals surface area contributed by atoms with E-state index in [0.29, 0.717) is 22.0 Å². The van der Waals surface area contributed by atoms with Crippen molar-refractivity contribution >= 4 is 34.1 Å². The Kier molecular flexibility index (Phi) is 7.18. The average molecular weight is 466 g/mol. The van der Waals surface area contributed by atoms with Gasteiger partial charge in [0.2, 0.25) is 11.1 Å². The minimum absolute atomic E-state index is 0.156. The maximum atomic E-state index is 12.3. The van der Waals surface area contributed by atoms with Crippen LogP contribution in [-0.2, 0) is 11.4 Å². The van der Waals surface area contributed by atoms with E-state index in [1.165, 1.54) is 28.7 Å². The second kappa shape index (κ2) is 10.4. The minimum Gasteiger partial charge on any atom is -0.486 e. The van der Waals surface area contributed by atoms with E-state index in [0.717, 1.165) is 17.0 Å². The number of thioether (sulfide) groups is 1. The highest BCUT2D eigenvalue weighted by Crippen LogP contribution is 2.25. The summed E-state index contributed by atoms with van der Waals surface area (Å²) in [5.41, 5.74) is 3.13. The number of carbonyl (C=O) groups excluding carboxylic acids is 1. The van der Waals surface area contributed by atoms with E-state index in [4.69, 9.17) is 4.74 Å². The Bertz CT molecular complexity index is 1160. The van der Waals surface area contributed by atoms with Crippen molar-refractivity contribution in [2.45, 2.75) is 31.5 Å². The SMILES string of the molecule is CC(C)c1ccc(OCc2nc(SCC(=O)Nc3nc(-c4ccccc4)cs3)n[nH]2)cc1. The molecule has 7 nitrogen and oxygen atoms in total. The van der Waals surface area contributed by atoms with Gasteiger partial charge in [-0.3, -0.25) is 9.89 Å². The van der Waals surface area contributed by atoms with Gasteiger partial charge in [-0.25, -0.2) is 9.97 Å². The number of amides is 1. The molecule has 9 heteroatoms. The van der Waals surface area contributed by atoms with Crippen molar-refractivity contribution in [2.75, 3.05) is 11.1 Å². The molecule has 2 aromatic carbocycles. The minimum atomic E-state index is -0.156. The number of benzene rings is 2. The van der Waals surface area contributed by atoms with Crippen molar-refractivity contribution in [1.29, 1.82) is 0 Å². The first-order valence-electron chi connectivity index (χ1n) is 10.1. The van der Waals surface area contributed by atoms with Crippen molar-refractivity contribution < 1.29 is 9.53 Å². The van der Waals surface area contributed by atoms with E-state index in [1.54, 1.807) is 0 Å². The molecule has 0 saturated carbocycles. The average Bonchev–Trinajstić information content (AvgIpc) is 3.47. The van der Waals surface area contributed by atoms with Crippen LogP contribution in [-0.4, -0.2) is 31.8 Å². The standard InChI is InChI=1S/C23H23N5O2S2/c1-15(2)16-8-10-18(11-9-16)30-12-20-25-23(28-27-20)32-14-21(29)26-22-24-19(13-31-22)17-6-4-3-5-7-17/h3-11,13,15H,12,14H2,1-2H3,(H,24,26,29)(H,25,27,28). The van der Waals surface area contributed by atoms with Crippen molar-refractivity contribution in [3.05, 3.63) is 71.4 Å². The van der Waals surface area contributed by atoms with Gasteiger partial charge in [0.15, 0.2) is 11.0 Å². The predicted molar refractivity (Wildman–Crippen MR) is 128 cm³/mol. The molecule has 0 bridgehead atoms. The van der Waals surface area contributed by atoms with Crippen LogP contribution in [0.2, 0.25) is 0 Å². The molecular formula is C23H23N5O2S2. The number of aromatic nitrogens is 4. The lowest BCUT2D eigenvalue weighted by molar-refractivity contribution is -0.113. The summed E-state index contributed by atoms with van der Waals surface area (Å²) in [6, 6.07) is 17.9. The molecule has 4 aromatic rings. The Morgan fingerprint density at radius 3 is 2.66 bits per heavy atom. The normalized spacial score (nSPS) is 11.0. The van der Waals surface area contributed by atoms with Crippen molar-refractivity contribution in [2.24, 2.45) is 0 Å². The summed E-state index contributed by atoms with van der Waals surface area (Å²) in [5.74, 6) is 1.90. The first-order chi connectivity index (χ1) is 15.6. The second-order valence-corrected chi connectivity index (χ2v) is 9.12. The van der Waals surface area contributed by atoms with Crippen molar-refractivity contribution in [1.82, 2.24) is 20.2 Å². The molecule has 4 rings (SSSR count). The quantitative estimate of drug-likeness (QED) is 0.323. The Morgan fingerprint density at radius 1 is 1.12 bits per heavy atom. The fraction of sp³-hybridized carbons (Fsp3) is 0.217. The molecule has 2 aromatic heterocycles. The fourth-order valence-corrected chi connectivity index (χ4v) is 4.22. The summed E-state index contributed by atoms with van der Waals surface area (Å²) in [5, 5.41) is 12.8. The smallest absolute Gasteiger partial charge is 0.236 e. The van der Waals surface area contributed by atoms with Gasteiger partial charge in [-0.1, -0.05) is 68.1 Å². The molecule has 2 heterocycles. The first kappa shape index (κ1) is 22.0. The number of nitrogens with zero attached hydrogens (tertiary/aromatic N) is 3. The summed E-state index contributed by atoms with van der Waals surface area (Å²) in [4.78, 5) is 21.1. The second-order valence-electron chi connectivity index (χ2n) is 7.32. The Morgan fingerprint density at radius 2 is 1.91 bits per heavy atom. The van der Waals surface area contributed by atoms with Crippen LogP contribution in [0, 0.1) is 0 Å². The molecule has 0 saturated heterocycles. The van der Waals surface area contributed by atoms with E-state index in [9.17, 15) is 4.79 Å². The van der Waals surface area contributed by atoms with Gasteiger partial charge in [0, 0.05) is 10.9 Å². The maximum absolute atomic E-state index is 12.3. The van der Waals surface area contributed by atoms with Crippen LogP contribution in [0.3, 0.4) is 0 Å². The maximum Gasteiger partial charge on any atom is 0.236 e. The highest BCUT2D eigenvalue weighted by Gasteiger charge is 2.11. The number of hydrogen-bond acceptors (Lipinski definition) is 7. The number of H-pyrrole nitrogens is 1. The molecule has 2 N–H and O–H groups in total. The van der Waals surface area contributed by atoms with Crippen LogP contribution in [0.1, 0.15) is 31.2 Å². The summed E-state index contributed by atoms with van der Waals surface area (Å²) >= 11 is 2.65. The summed E-state index contributed by atoms with van der Waals surface area (Å²) < 4.78 is 5.75. The molecule has 0 spiro atoms. The van der Waals surface area contributed by atoms with Gasteiger partial charge >= 0.3 is 0 Å². The highest BCUT2D eigenvalue weighted by atomic mass is 32.2.